The monoisotopic (exact) mass is 346 g/mol. The van der Waals surface area contributed by atoms with E-state index in [1.165, 1.54) is 19.5 Å². The van der Waals surface area contributed by atoms with Crippen LogP contribution < -0.4 is 10.5 Å². The highest BCUT2D eigenvalue weighted by Gasteiger charge is 2.20. The Morgan fingerprint density at radius 1 is 1.08 bits per heavy atom. The third-order valence-electron chi connectivity index (χ3n) is 4.33. The lowest BCUT2D eigenvalue weighted by Crippen LogP contribution is -1.98. The van der Waals surface area contributed by atoms with Gasteiger partial charge in [-0.15, -0.1) is 0 Å². The summed E-state index contributed by atoms with van der Waals surface area (Å²) in [6.07, 6.45) is 1.42. The zero-order chi connectivity index (χ0) is 18.3. The van der Waals surface area contributed by atoms with E-state index in [0.29, 0.717) is 22.3 Å². The maximum absolute atomic E-state index is 11.4. The van der Waals surface area contributed by atoms with Crippen LogP contribution in [0, 0.1) is 10.1 Å². The normalized spacial score (nSPS) is 11.0. The molecule has 0 aliphatic carbocycles. The van der Waals surface area contributed by atoms with E-state index in [4.69, 9.17) is 10.5 Å². The number of benzene rings is 3. The van der Waals surface area contributed by atoms with Crippen molar-refractivity contribution in [2.24, 2.45) is 0 Å². The number of nitro benzene ring substituents is 1. The van der Waals surface area contributed by atoms with Crippen molar-refractivity contribution in [3.8, 4) is 17.0 Å². The fourth-order valence-electron chi connectivity index (χ4n) is 3.13. The number of anilines is 1. The molecule has 0 aliphatic rings. The number of hydrogen-bond donors (Lipinski definition) is 1. The molecule has 3 aromatic carbocycles. The lowest BCUT2D eigenvalue weighted by molar-refractivity contribution is -0.385. The molecule has 4 aromatic rings. The van der Waals surface area contributed by atoms with Crippen molar-refractivity contribution in [1.82, 2.24) is 9.97 Å². The first-order valence-electron chi connectivity index (χ1n) is 7.85. The molecule has 0 fully saturated rings. The molecule has 1 heterocycles. The number of nitrogen functional groups attached to an aromatic ring is 1. The van der Waals surface area contributed by atoms with Crippen molar-refractivity contribution in [1.29, 1.82) is 0 Å². The van der Waals surface area contributed by atoms with Crippen molar-refractivity contribution in [3.63, 3.8) is 0 Å². The third-order valence-corrected chi connectivity index (χ3v) is 4.33. The molecule has 0 saturated heterocycles. The lowest BCUT2D eigenvalue weighted by Gasteiger charge is -2.12. The number of hydrogen-bond acceptors (Lipinski definition) is 6. The van der Waals surface area contributed by atoms with Gasteiger partial charge in [-0.2, -0.15) is 0 Å². The molecule has 0 amide bonds. The largest absolute Gasteiger partial charge is 0.490 e. The van der Waals surface area contributed by atoms with Crippen LogP contribution in [0.2, 0.25) is 0 Å². The summed E-state index contributed by atoms with van der Waals surface area (Å²) in [5.41, 5.74) is 8.47. The number of methoxy groups -OCH3 is 1. The maximum atomic E-state index is 11.4. The molecule has 0 radical (unpaired) electrons. The zero-order valence-electron chi connectivity index (χ0n) is 13.8. The first-order chi connectivity index (χ1) is 12.6. The fourth-order valence-corrected chi connectivity index (χ4v) is 3.13. The van der Waals surface area contributed by atoms with Crippen molar-refractivity contribution >= 4 is 33.1 Å². The van der Waals surface area contributed by atoms with E-state index >= 15 is 0 Å². The van der Waals surface area contributed by atoms with Crippen LogP contribution in [0.4, 0.5) is 11.4 Å². The molecule has 0 atom stereocenters. The van der Waals surface area contributed by atoms with Crippen LogP contribution in [0.3, 0.4) is 0 Å². The van der Waals surface area contributed by atoms with E-state index in [0.717, 1.165) is 16.3 Å². The van der Waals surface area contributed by atoms with Crippen LogP contribution in [0.15, 0.2) is 54.9 Å². The van der Waals surface area contributed by atoms with Gasteiger partial charge in [0.2, 0.25) is 0 Å². The molecule has 7 nitrogen and oxygen atoms in total. The number of nitro groups is 1. The molecule has 4 rings (SSSR count). The minimum absolute atomic E-state index is 0.144. The molecule has 1 aromatic heterocycles. The second-order valence-corrected chi connectivity index (χ2v) is 5.77. The Bertz CT molecular complexity index is 1170. The first kappa shape index (κ1) is 15.8. The molecule has 128 valence electrons. The average Bonchev–Trinajstić information content (AvgIpc) is 2.66. The Morgan fingerprint density at radius 3 is 2.65 bits per heavy atom. The lowest BCUT2D eigenvalue weighted by atomic mass is 9.97. The second kappa shape index (κ2) is 5.96. The summed E-state index contributed by atoms with van der Waals surface area (Å²) in [7, 11) is 1.39. The number of nitrogens with zero attached hydrogens (tertiary/aromatic N) is 3. The highest BCUT2D eigenvalue weighted by Crippen LogP contribution is 2.39. The average molecular weight is 346 g/mol. The molecular formula is C19H14N4O3. The van der Waals surface area contributed by atoms with Gasteiger partial charge in [0, 0.05) is 28.8 Å². The minimum atomic E-state index is -0.485. The van der Waals surface area contributed by atoms with Gasteiger partial charge in [0.25, 0.3) is 0 Å². The predicted octanol–water partition coefficient (Wildman–Crippen LogP) is 3.95. The van der Waals surface area contributed by atoms with Crippen LogP contribution in [0.5, 0.6) is 5.75 Å². The van der Waals surface area contributed by atoms with Crippen LogP contribution >= 0.6 is 0 Å². The quantitative estimate of drug-likeness (QED) is 0.342. The zero-order valence-corrected chi connectivity index (χ0v) is 13.8. The standard InChI is InChI=1S/C19H14N4O3/c1-26-17-9-15-13(8-16(17)23(24)25)19(22-10-21-15)18-12-5-3-2-4-11(12)6-7-14(18)20/h2-10H,20H2,1H3. The number of ether oxygens (including phenoxy) is 1. The van der Waals surface area contributed by atoms with Gasteiger partial charge in [-0.1, -0.05) is 30.3 Å². The second-order valence-electron chi connectivity index (χ2n) is 5.77. The molecule has 0 saturated carbocycles. The van der Waals surface area contributed by atoms with Gasteiger partial charge >= 0.3 is 5.69 Å². The summed E-state index contributed by atoms with van der Waals surface area (Å²) in [5, 5.41) is 13.9. The number of fused-ring (bicyclic) bond motifs is 2. The Hall–Kier alpha value is -3.74. The molecule has 0 spiro atoms. The highest BCUT2D eigenvalue weighted by atomic mass is 16.6. The third kappa shape index (κ3) is 2.37. The Kier molecular flexibility index (Phi) is 3.62. The highest BCUT2D eigenvalue weighted by molar-refractivity contribution is 6.07. The Labute approximate surface area is 148 Å². The van der Waals surface area contributed by atoms with Crippen molar-refractivity contribution in [3.05, 3.63) is 65.0 Å². The van der Waals surface area contributed by atoms with E-state index in [9.17, 15) is 10.1 Å². The van der Waals surface area contributed by atoms with E-state index in [2.05, 4.69) is 9.97 Å². The van der Waals surface area contributed by atoms with Crippen LogP contribution in [0.25, 0.3) is 32.9 Å². The topological polar surface area (TPSA) is 104 Å². The van der Waals surface area contributed by atoms with E-state index in [-0.39, 0.29) is 11.4 Å². The molecule has 2 N–H and O–H groups in total. The van der Waals surface area contributed by atoms with Crippen LogP contribution in [0.1, 0.15) is 0 Å². The number of nitrogens with two attached hydrogens (primary N) is 1. The molecule has 7 heteroatoms. The van der Waals surface area contributed by atoms with E-state index < -0.39 is 4.92 Å². The van der Waals surface area contributed by atoms with Gasteiger partial charge in [-0.05, 0) is 16.8 Å². The van der Waals surface area contributed by atoms with Gasteiger partial charge < -0.3 is 10.5 Å². The number of rotatable bonds is 3. The van der Waals surface area contributed by atoms with E-state index in [1.54, 1.807) is 6.07 Å². The van der Waals surface area contributed by atoms with Crippen molar-refractivity contribution in [2.45, 2.75) is 0 Å². The summed E-state index contributed by atoms with van der Waals surface area (Å²) < 4.78 is 5.13. The summed E-state index contributed by atoms with van der Waals surface area (Å²) in [6, 6.07) is 14.5. The molecule has 26 heavy (non-hydrogen) atoms. The van der Waals surface area contributed by atoms with Crippen molar-refractivity contribution in [2.75, 3.05) is 12.8 Å². The smallest absolute Gasteiger partial charge is 0.311 e. The van der Waals surface area contributed by atoms with Gasteiger partial charge in [-0.25, -0.2) is 9.97 Å². The summed E-state index contributed by atoms with van der Waals surface area (Å²) >= 11 is 0. The first-order valence-corrected chi connectivity index (χ1v) is 7.85. The molecular weight excluding hydrogens is 332 g/mol. The fraction of sp³-hybridized carbons (Fsp3) is 0.0526. The molecule has 0 bridgehead atoms. The van der Waals surface area contributed by atoms with Crippen LogP contribution in [-0.2, 0) is 0 Å². The van der Waals surface area contributed by atoms with Gasteiger partial charge in [-0.3, -0.25) is 10.1 Å². The van der Waals surface area contributed by atoms with Crippen molar-refractivity contribution < 1.29 is 9.66 Å². The predicted molar refractivity (Wildman–Crippen MR) is 100 cm³/mol. The van der Waals surface area contributed by atoms with E-state index in [1.807, 2.05) is 36.4 Å². The summed E-state index contributed by atoms with van der Waals surface area (Å²) in [6.45, 7) is 0. The van der Waals surface area contributed by atoms with Gasteiger partial charge in [0.1, 0.15) is 6.33 Å². The van der Waals surface area contributed by atoms with Gasteiger partial charge in [0.05, 0.1) is 23.2 Å². The van der Waals surface area contributed by atoms with Crippen LogP contribution in [-0.4, -0.2) is 22.0 Å². The number of aromatic nitrogens is 2. The molecule has 0 aliphatic heterocycles. The summed E-state index contributed by atoms with van der Waals surface area (Å²) in [5.74, 6) is 0.151. The Morgan fingerprint density at radius 2 is 1.88 bits per heavy atom. The molecule has 0 unspecified atom stereocenters. The minimum Gasteiger partial charge on any atom is -0.490 e. The SMILES string of the molecule is COc1cc2ncnc(-c3c(N)ccc4ccccc34)c2cc1[N+](=O)[O-]. The maximum Gasteiger partial charge on any atom is 0.311 e. The summed E-state index contributed by atoms with van der Waals surface area (Å²) in [4.78, 5) is 19.5. The van der Waals surface area contributed by atoms with Gasteiger partial charge in [0.15, 0.2) is 5.75 Å². The Balaban J connectivity index is 2.12.